The number of amides is 1. The molecule has 3 atom stereocenters. The van der Waals surface area contributed by atoms with Crippen LogP contribution in [0.4, 0.5) is 4.79 Å². The van der Waals surface area contributed by atoms with Gasteiger partial charge in [0.2, 0.25) is 0 Å². The summed E-state index contributed by atoms with van der Waals surface area (Å²) in [6, 6.07) is 0.680. The van der Waals surface area contributed by atoms with Crippen LogP contribution in [0.15, 0.2) is 0 Å². The van der Waals surface area contributed by atoms with Gasteiger partial charge in [-0.25, -0.2) is 4.79 Å². The Labute approximate surface area is 103 Å². The number of hydrogen-bond acceptors (Lipinski definition) is 3. The van der Waals surface area contributed by atoms with Crippen molar-refractivity contribution in [2.45, 2.75) is 51.7 Å². The maximum atomic E-state index is 11.5. The lowest BCUT2D eigenvalue weighted by Gasteiger charge is -2.27. The highest BCUT2D eigenvalue weighted by Crippen LogP contribution is 2.32. The molecule has 17 heavy (non-hydrogen) atoms. The predicted molar refractivity (Wildman–Crippen MR) is 66.9 cm³/mol. The Kier molecular flexibility index (Phi) is 3.61. The van der Waals surface area contributed by atoms with Crippen molar-refractivity contribution in [2.75, 3.05) is 13.1 Å². The largest absolute Gasteiger partial charge is 0.444 e. The highest BCUT2D eigenvalue weighted by atomic mass is 16.6. The fourth-order valence-electron chi connectivity index (χ4n) is 2.94. The zero-order valence-electron chi connectivity index (χ0n) is 11.1. The molecule has 0 aromatic carbocycles. The molecule has 2 fully saturated rings. The van der Waals surface area contributed by atoms with E-state index in [9.17, 15) is 4.79 Å². The van der Waals surface area contributed by atoms with Crippen molar-refractivity contribution in [2.24, 2.45) is 11.8 Å². The van der Waals surface area contributed by atoms with E-state index in [2.05, 4.69) is 10.6 Å². The van der Waals surface area contributed by atoms with E-state index in [0.717, 1.165) is 19.0 Å². The van der Waals surface area contributed by atoms with Gasteiger partial charge in [-0.1, -0.05) is 0 Å². The molecule has 1 aliphatic heterocycles. The quantitative estimate of drug-likeness (QED) is 0.775. The lowest BCUT2D eigenvalue weighted by Crippen LogP contribution is -2.37. The topological polar surface area (TPSA) is 50.4 Å². The second-order valence-corrected chi connectivity index (χ2v) is 6.43. The van der Waals surface area contributed by atoms with Gasteiger partial charge >= 0.3 is 6.09 Å². The van der Waals surface area contributed by atoms with E-state index in [1.807, 2.05) is 20.8 Å². The Bertz CT molecular complexity index is 274. The van der Waals surface area contributed by atoms with Crippen molar-refractivity contribution >= 4 is 6.09 Å². The number of carbonyl (C=O) groups is 1. The smallest absolute Gasteiger partial charge is 0.407 e. The summed E-state index contributed by atoms with van der Waals surface area (Å²) in [7, 11) is 0. The third-order valence-electron chi connectivity index (χ3n) is 3.53. The molecule has 1 aliphatic carbocycles. The van der Waals surface area contributed by atoms with Crippen molar-refractivity contribution in [1.82, 2.24) is 10.6 Å². The highest BCUT2D eigenvalue weighted by molar-refractivity contribution is 5.67. The number of carbonyl (C=O) groups excluding carboxylic acids is 1. The van der Waals surface area contributed by atoms with Crippen molar-refractivity contribution in [3.63, 3.8) is 0 Å². The Hall–Kier alpha value is -0.770. The molecular weight excluding hydrogens is 216 g/mol. The van der Waals surface area contributed by atoms with Crippen molar-refractivity contribution in [3.05, 3.63) is 0 Å². The van der Waals surface area contributed by atoms with Gasteiger partial charge in [-0.05, 0) is 58.4 Å². The molecule has 1 saturated heterocycles. The fourth-order valence-corrected chi connectivity index (χ4v) is 2.94. The Morgan fingerprint density at radius 3 is 2.76 bits per heavy atom. The van der Waals surface area contributed by atoms with E-state index < -0.39 is 5.60 Å². The molecule has 2 bridgehead atoms. The molecule has 0 spiro atoms. The van der Waals surface area contributed by atoms with Gasteiger partial charge in [-0.15, -0.1) is 0 Å². The fraction of sp³-hybridized carbons (Fsp3) is 0.923. The van der Waals surface area contributed by atoms with Crippen molar-refractivity contribution in [3.8, 4) is 0 Å². The summed E-state index contributed by atoms with van der Waals surface area (Å²) in [6.07, 6.45) is 3.46. The standard InChI is InChI=1S/C13H24N2O2/c1-13(2,3)17-12(16)15-8-10-4-9-5-11(6-10)14-7-9/h9-11,14H,4-8H2,1-3H3,(H,15,16). The summed E-state index contributed by atoms with van der Waals surface area (Å²) in [5, 5.41) is 6.42. The van der Waals surface area contributed by atoms with Crippen LogP contribution in [0.3, 0.4) is 0 Å². The molecule has 4 heteroatoms. The molecule has 1 saturated carbocycles. The minimum absolute atomic E-state index is 0.289. The molecule has 98 valence electrons. The second-order valence-electron chi connectivity index (χ2n) is 6.43. The van der Waals surface area contributed by atoms with Gasteiger partial charge in [0.1, 0.15) is 5.60 Å². The molecule has 2 aliphatic rings. The van der Waals surface area contributed by atoms with Crippen molar-refractivity contribution in [1.29, 1.82) is 0 Å². The van der Waals surface area contributed by atoms with Gasteiger partial charge in [-0.3, -0.25) is 0 Å². The molecule has 0 aromatic rings. The average molecular weight is 240 g/mol. The van der Waals surface area contributed by atoms with E-state index in [0.29, 0.717) is 12.0 Å². The molecule has 0 radical (unpaired) electrons. The molecule has 0 aromatic heterocycles. The molecule has 1 amide bonds. The lowest BCUT2D eigenvalue weighted by molar-refractivity contribution is 0.0513. The van der Waals surface area contributed by atoms with Gasteiger partial charge in [0.05, 0.1) is 0 Å². The van der Waals surface area contributed by atoms with Crippen LogP contribution < -0.4 is 10.6 Å². The summed E-state index contributed by atoms with van der Waals surface area (Å²) in [5.74, 6) is 1.43. The van der Waals surface area contributed by atoms with Crippen LogP contribution in [0.5, 0.6) is 0 Å². The normalized spacial score (nSPS) is 32.3. The minimum Gasteiger partial charge on any atom is -0.444 e. The maximum absolute atomic E-state index is 11.5. The van der Waals surface area contributed by atoms with Gasteiger partial charge in [0, 0.05) is 12.6 Å². The number of rotatable bonds is 2. The summed E-state index contributed by atoms with van der Waals surface area (Å²) in [4.78, 5) is 11.5. The van der Waals surface area contributed by atoms with Crippen LogP contribution in [0, 0.1) is 11.8 Å². The van der Waals surface area contributed by atoms with Crippen molar-refractivity contribution < 1.29 is 9.53 Å². The summed E-state index contributed by atoms with van der Waals surface area (Å²) in [6.45, 7) is 7.57. The monoisotopic (exact) mass is 240 g/mol. The Morgan fingerprint density at radius 2 is 2.12 bits per heavy atom. The molecule has 1 heterocycles. The average Bonchev–Trinajstić information content (AvgIpc) is 2.53. The summed E-state index contributed by atoms with van der Waals surface area (Å²) in [5.41, 5.74) is -0.406. The molecule has 2 rings (SSSR count). The number of hydrogen-bond donors (Lipinski definition) is 2. The highest BCUT2D eigenvalue weighted by Gasteiger charge is 2.33. The van der Waals surface area contributed by atoms with E-state index in [4.69, 9.17) is 4.74 Å². The van der Waals surface area contributed by atoms with Crippen LogP contribution in [0.2, 0.25) is 0 Å². The third-order valence-corrected chi connectivity index (χ3v) is 3.53. The maximum Gasteiger partial charge on any atom is 0.407 e. The second kappa shape index (κ2) is 4.84. The first kappa shape index (κ1) is 12.7. The third kappa shape index (κ3) is 3.87. The number of fused-ring (bicyclic) bond motifs is 2. The predicted octanol–water partition coefficient (Wildman–Crippen LogP) is 1.90. The minimum atomic E-state index is -0.406. The summed E-state index contributed by atoms with van der Waals surface area (Å²) < 4.78 is 5.23. The van der Waals surface area contributed by atoms with Crippen LogP contribution in [0.1, 0.15) is 40.0 Å². The SMILES string of the molecule is CC(C)(C)OC(=O)NCC1CC2CNC(C1)C2. The zero-order valence-corrected chi connectivity index (χ0v) is 11.1. The van der Waals surface area contributed by atoms with Crippen LogP contribution in [-0.4, -0.2) is 30.8 Å². The van der Waals surface area contributed by atoms with E-state index in [1.165, 1.54) is 19.3 Å². The Balaban J connectivity index is 1.70. The summed E-state index contributed by atoms with van der Waals surface area (Å²) >= 11 is 0. The number of nitrogens with one attached hydrogen (secondary N) is 2. The van der Waals surface area contributed by atoms with Crippen LogP contribution in [0.25, 0.3) is 0 Å². The van der Waals surface area contributed by atoms with Gasteiger partial charge in [-0.2, -0.15) is 0 Å². The first-order chi connectivity index (χ1) is 7.92. The van der Waals surface area contributed by atoms with Gasteiger partial charge in [0.25, 0.3) is 0 Å². The number of alkyl carbamates (subject to hydrolysis) is 1. The van der Waals surface area contributed by atoms with E-state index in [-0.39, 0.29) is 6.09 Å². The molecule has 2 N–H and O–H groups in total. The van der Waals surface area contributed by atoms with Crippen LogP contribution >= 0.6 is 0 Å². The number of ether oxygens (including phenoxy) is 1. The lowest BCUT2D eigenvalue weighted by atomic mass is 9.82. The molecule has 3 unspecified atom stereocenters. The first-order valence-electron chi connectivity index (χ1n) is 6.62. The van der Waals surface area contributed by atoms with E-state index >= 15 is 0 Å². The van der Waals surface area contributed by atoms with Gasteiger partial charge in [0.15, 0.2) is 0 Å². The zero-order chi connectivity index (χ0) is 12.5. The van der Waals surface area contributed by atoms with E-state index in [1.54, 1.807) is 0 Å². The molecular formula is C13H24N2O2. The van der Waals surface area contributed by atoms with Gasteiger partial charge < -0.3 is 15.4 Å². The first-order valence-corrected chi connectivity index (χ1v) is 6.62. The molecule has 4 nitrogen and oxygen atoms in total. The Morgan fingerprint density at radius 1 is 1.35 bits per heavy atom. The van der Waals surface area contributed by atoms with Crippen LogP contribution in [-0.2, 0) is 4.74 Å².